The Morgan fingerprint density at radius 3 is 2.89 bits per heavy atom. The topological polar surface area (TPSA) is 58.4 Å². The van der Waals surface area contributed by atoms with Crippen LogP contribution in [-0.4, -0.2) is 30.4 Å². The number of nitrogens with two attached hydrogens (primary N) is 1. The minimum absolute atomic E-state index is 0.0755. The van der Waals surface area contributed by atoms with E-state index in [9.17, 15) is 4.79 Å². The number of benzene rings is 1. The first-order valence-corrected chi connectivity index (χ1v) is 6.44. The molecular formula is C13H18ClN3O. The molecule has 0 heterocycles. The summed E-state index contributed by atoms with van der Waals surface area (Å²) in [5.74, 6) is 0.0755. The van der Waals surface area contributed by atoms with E-state index in [1.54, 1.807) is 6.07 Å². The monoisotopic (exact) mass is 267 g/mol. The molecule has 3 N–H and O–H groups in total. The first-order valence-electron chi connectivity index (χ1n) is 6.06. The molecule has 0 atom stereocenters. The van der Waals surface area contributed by atoms with Gasteiger partial charge in [-0.2, -0.15) is 0 Å². The van der Waals surface area contributed by atoms with Crippen molar-refractivity contribution in [3.63, 3.8) is 0 Å². The maximum atomic E-state index is 11.6. The lowest BCUT2D eigenvalue weighted by Gasteiger charge is -2.17. The minimum Gasteiger partial charge on any atom is -0.399 e. The number of nitrogens with one attached hydrogen (secondary N) is 1. The van der Waals surface area contributed by atoms with Crippen LogP contribution in [0.2, 0.25) is 5.02 Å². The molecule has 0 aliphatic heterocycles. The second-order valence-corrected chi connectivity index (χ2v) is 5.27. The molecule has 0 aromatic heterocycles. The fourth-order valence-electron chi connectivity index (χ4n) is 1.78. The van der Waals surface area contributed by atoms with Gasteiger partial charge < -0.3 is 11.1 Å². The number of carbonyl (C=O) groups is 1. The Balaban J connectivity index is 1.85. The number of anilines is 1. The van der Waals surface area contributed by atoms with E-state index in [-0.39, 0.29) is 5.91 Å². The molecule has 0 saturated heterocycles. The number of rotatable bonds is 5. The van der Waals surface area contributed by atoms with Crippen molar-refractivity contribution in [1.82, 2.24) is 10.2 Å². The summed E-state index contributed by atoms with van der Waals surface area (Å²) in [6.45, 7) is 1.02. The van der Waals surface area contributed by atoms with Gasteiger partial charge in [-0.05, 0) is 37.6 Å². The Kier molecular flexibility index (Phi) is 4.09. The van der Waals surface area contributed by atoms with Crippen LogP contribution in [0.5, 0.6) is 0 Å². The van der Waals surface area contributed by atoms with E-state index in [0.717, 1.165) is 18.4 Å². The van der Waals surface area contributed by atoms with Crippen LogP contribution in [0.4, 0.5) is 5.69 Å². The molecule has 1 aromatic rings. The molecule has 18 heavy (non-hydrogen) atoms. The number of nitrogens with zero attached hydrogens (tertiary/aromatic N) is 1. The maximum absolute atomic E-state index is 11.6. The van der Waals surface area contributed by atoms with Crippen LogP contribution >= 0.6 is 11.6 Å². The van der Waals surface area contributed by atoms with Crippen LogP contribution in [0.3, 0.4) is 0 Å². The van der Waals surface area contributed by atoms with Crippen molar-refractivity contribution in [2.24, 2.45) is 0 Å². The van der Waals surface area contributed by atoms with Crippen LogP contribution in [0.1, 0.15) is 18.4 Å². The molecule has 5 heteroatoms. The third kappa shape index (κ3) is 3.89. The minimum atomic E-state index is 0.0755. The van der Waals surface area contributed by atoms with Crippen molar-refractivity contribution >= 4 is 23.2 Å². The molecule has 0 unspecified atom stereocenters. The van der Waals surface area contributed by atoms with Gasteiger partial charge in [-0.1, -0.05) is 17.7 Å². The molecule has 1 aliphatic carbocycles. The molecule has 2 rings (SSSR count). The molecule has 0 radical (unpaired) electrons. The van der Waals surface area contributed by atoms with E-state index in [1.165, 1.54) is 0 Å². The SMILES string of the molecule is CN(CC(=O)NC1CC1)Cc1ccc(N)cc1Cl. The zero-order valence-electron chi connectivity index (χ0n) is 10.4. The van der Waals surface area contributed by atoms with E-state index in [0.29, 0.717) is 29.8 Å². The van der Waals surface area contributed by atoms with Crippen molar-refractivity contribution in [1.29, 1.82) is 0 Å². The maximum Gasteiger partial charge on any atom is 0.234 e. The number of halogens is 1. The summed E-state index contributed by atoms with van der Waals surface area (Å²) in [6.07, 6.45) is 2.22. The predicted octanol–water partition coefficient (Wildman–Crippen LogP) is 1.63. The highest BCUT2D eigenvalue weighted by molar-refractivity contribution is 6.31. The van der Waals surface area contributed by atoms with Crippen molar-refractivity contribution in [2.75, 3.05) is 19.3 Å². The third-order valence-corrected chi connectivity index (χ3v) is 3.23. The summed E-state index contributed by atoms with van der Waals surface area (Å²) in [7, 11) is 1.90. The lowest BCUT2D eigenvalue weighted by Crippen LogP contribution is -2.35. The molecule has 1 aliphatic rings. The number of amides is 1. The van der Waals surface area contributed by atoms with Gasteiger partial charge in [0.1, 0.15) is 0 Å². The van der Waals surface area contributed by atoms with E-state index in [4.69, 9.17) is 17.3 Å². The number of carbonyl (C=O) groups excluding carboxylic acids is 1. The highest BCUT2D eigenvalue weighted by atomic mass is 35.5. The zero-order chi connectivity index (χ0) is 13.1. The smallest absolute Gasteiger partial charge is 0.234 e. The van der Waals surface area contributed by atoms with E-state index in [2.05, 4.69) is 5.32 Å². The highest BCUT2D eigenvalue weighted by Crippen LogP contribution is 2.20. The average molecular weight is 268 g/mol. The van der Waals surface area contributed by atoms with Gasteiger partial charge >= 0.3 is 0 Å². The first-order chi connectivity index (χ1) is 8.54. The van der Waals surface area contributed by atoms with Gasteiger partial charge in [-0.25, -0.2) is 0 Å². The third-order valence-electron chi connectivity index (χ3n) is 2.87. The standard InChI is InChI=1S/C13H18ClN3O/c1-17(8-13(18)16-11-4-5-11)7-9-2-3-10(15)6-12(9)14/h2-3,6,11H,4-5,7-8,15H2,1H3,(H,16,18). The second kappa shape index (κ2) is 5.59. The lowest BCUT2D eigenvalue weighted by molar-refractivity contribution is -0.122. The summed E-state index contributed by atoms with van der Waals surface area (Å²) in [5.41, 5.74) is 7.27. The fraction of sp³-hybridized carbons (Fsp3) is 0.462. The van der Waals surface area contributed by atoms with E-state index in [1.807, 2.05) is 24.1 Å². The molecule has 1 saturated carbocycles. The Bertz CT molecular complexity index is 446. The number of nitrogen functional groups attached to an aromatic ring is 1. The summed E-state index contributed by atoms with van der Waals surface area (Å²) >= 11 is 6.10. The average Bonchev–Trinajstić information content (AvgIpc) is 3.05. The first kappa shape index (κ1) is 13.2. The van der Waals surface area contributed by atoms with E-state index < -0.39 is 0 Å². The normalized spacial score (nSPS) is 14.8. The Hall–Kier alpha value is -1.26. The Labute approximate surface area is 112 Å². The summed E-state index contributed by atoms with van der Waals surface area (Å²) in [5, 5.41) is 3.60. The van der Waals surface area contributed by atoms with Gasteiger partial charge in [-0.15, -0.1) is 0 Å². The van der Waals surface area contributed by atoms with E-state index >= 15 is 0 Å². The van der Waals surface area contributed by atoms with Gasteiger partial charge in [0.15, 0.2) is 0 Å². The molecule has 1 amide bonds. The van der Waals surface area contributed by atoms with Crippen LogP contribution in [-0.2, 0) is 11.3 Å². The largest absolute Gasteiger partial charge is 0.399 e. The van der Waals surface area contributed by atoms with Crippen LogP contribution in [0, 0.1) is 0 Å². The van der Waals surface area contributed by atoms with Crippen molar-refractivity contribution in [2.45, 2.75) is 25.4 Å². The summed E-state index contributed by atoms with van der Waals surface area (Å²) < 4.78 is 0. The number of likely N-dealkylation sites (N-methyl/N-ethyl adjacent to an activating group) is 1. The molecule has 0 spiro atoms. The van der Waals surface area contributed by atoms with Gasteiger partial charge in [0.05, 0.1) is 6.54 Å². The molecule has 4 nitrogen and oxygen atoms in total. The van der Waals surface area contributed by atoms with Crippen molar-refractivity contribution in [3.8, 4) is 0 Å². The van der Waals surface area contributed by atoms with Crippen molar-refractivity contribution < 1.29 is 4.79 Å². The highest BCUT2D eigenvalue weighted by Gasteiger charge is 2.23. The summed E-state index contributed by atoms with van der Waals surface area (Å²) in [4.78, 5) is 13.6. The van der Waals surface area contributed by atoms with Crippen LogP contribution in [0.15, 0.2) is 18.2 Å². The Morgan fingerprint density at radius 2 is 2.28 bits per heavy atom. The van der Waals surface area contributed by atoms with Gasteiger partial charge in [0.25, 0.3) is 0 Å². The quantitative estimate of drug-likeness (QED) is 0.798. The number of hydrogen-bond donors (Lipinski definition) is 2. The number of hydrogen-bond acceptors (Lipinski definition) is 3. The van der Waals surface area contributed by atoms with Gasteiger partial charge in [0, 0.05) is 23.3 Å². The molecule has 1 aromatic carbocycles. The van der Waals surface area contributed by atoms with Crippen LogP contribution < -0.4 is 11.1 Å². The van der Waals surface area contributed by atoms with Gasteiger partial charge in [0.2, 0.25) is 5.91 Å². The van der Waals surface area contributed by atoms with Crippen LogP contribution in [0.25, 0.3) is 0 Å². The zero-order valence-corrected chi connectivity index (χ0v) is 11.2. The summed E-state index contributed by atoms with van der Waals surface area (Å²) in [6, 6.07) is 5.85. The van der Waals surface area contributed by atoms with Gasteiger partial charge in [-0.3, -0.25) is 9.69 Å². The lowest BCUT2D eigenvalue weighted by atomic mass is 10.2. The molecular weight excluding hydrogens is 250 g/mol. The molecule has 0 bridgehead atoms. The predicted molar refractivity (Wildman–Crippen MR) is 73.4 cm³/mol. The molecule has 1 fully saturated rings. The Morgan fingerprint density at radius 1 is 1.56 bits per heavy atom. The second-order valence-electron chi connectivity index (χ2n) is 4.86. The molecule has 98 valence electrons. The fourth-order valence-corrected chi connectivity index (χ4v) is 2.03. The van der Waals surface area contributed by atoms with Crippen molar-refractivity contribution in [3.05, 3.63) is 28.8 Å².